The van der Waals surface area contributed by atoms with Crippen LogP contribution in [0.2, 0.25) is 0 Å². The number of anilines is 1. The molecule has 29 heavy (non-hydrogen) atoms. The molecule has 0 bridgehead atoms. The number of aryl methyl sites for hydroxylation is 1. The predicted molar refractivity (Wildman–Crippen MR) is 116 cm³/mol. The highest BCUT2D eigenvalue weighted by atomic mass is 32.2. The molecule has 0 amide bonds. The second kappa shape index (κ2) is 9.03. The molecule has 5 nitrogen and oxygen atoms in total. The third-order valence-electron chi connectivity index (χ3n) is 4.64. The minimum absolute atomic E-state index is 0.0238. The molecule has 0 unspecified atom stereocenters. The van der Waals surface area contributed by atoms with Gasteiger partial charge >= 0.3 is 0 Å². The Balaban J connectivity index is 1.62. The number of hydrogen-bond donors (Lipinski definition) is 1. The molecule has 3 rings (SSSR count). The number of Topliss-reactive ketones (excluding diaryl/α,β-unsaturated/α-hetero) is 1. The summed E-state index contributed by atoms with van der Waals surface area (Å²) in [5.41, 5.74) is 3.36. The Morgan fingerprint density at radius 3 is 2.14 bits per heavy atom. The molecule has 0 aromatic heterocycles. The van der Waals surface area contributed by atoms with Crippen molar-refractivity contribution in [1.82, 2.24) is 4.31 Å². The molecule has 1 N–H and O–H groups in total. The molecular formula is C23H24N2O3S. The summed E-state index contributed by atoms with van der Waals surface area (Å²) in [7, 11) is -2.03. The third kappa shape index (κ3) is 5.31. The lowest BCUT2D eigenvalue weighted by Gasteiger charge is -2.17. The van der Waals surface area contributed by atoms with Crippen molar-refractivity contribution in [2.45, 2.75) is 18.4 Å². The number of rotatable bonds is 8. The van der Waals surface area contributed by atoms with Gasteiger partial charge in [0, 0.05) is 24.8 Å². The van der Waals surface area contributed by atoms with E-state index in [0.717, 1.165) is 11.1 Å². The highest BCUT2D eigenvalue weighted by Gasteiger charge is 2.20. The Hall–Kier alpha value is -2.96. The number of carbonyl (C=O) groups is 1. The van der Waals surface area contributed by atoms with Crippen LogP contribution in [0.5, 0.6) is 0 Å². The van der Waals surface area contributed by atoms with Gasteiger partial charge in [0.1, 0.15) is 0 Å². The molecule has 0 heterocycles. The van der Waals surface area contributed by atoms with E-state index in [-0.39, 0.29) is 17.2 Å². The molecule has 3 aromatic rings. The molecule has 0 saturated carbocycles. The van der Waals surface area contributed by atoms with Gasteiger partial charge in [0.05, 0.1) is 11.4 Å². The van der Waals surface area contributed by atoms with Gasteiger partial charge < -0.3 is 5.32 Å². The van der Waals surface area contributed by atoms with Gasteiger partial charge in [0.2, 0.25) is 10.0 Å². The van der Waals surface area contributed by atoms with Crippen LogP contribution in [0, 0.1) is 6.92 Å². The fourth-order valence-corrected chi connectivity index (χ4v) is 4.03. The van der Waals surface area contributed by atoms with Gasteiger partial charge in [0.25, 0.3) is 0 Å². The Morgan fingerprint density at radius 2 is 1.52 bits per heavy atom. The zero-order valence-electron chi connectivity index (χ0n) is 16.5. The van der Waals surface area contributed by atoms with E-state index in [1.807, 2.05) is 49.4 Å². The fourth-order valence-electron chi connectivity index (χ4n) is 2.87. The summed E-state index contributed by atoms with van der Waals surface area (Å²) in [6.45, 7) is 2.41. The number of hydrogen-bond acceptors (Lipinski definition) is 4. The van der Waals surface area contributed by atoms with Crippen molar-refractivity contribution >= 4 is 21.5 Å². The summed E-state index contributed by atoms with van der Waals surface area (Å²) >= 11 is 0. The lowest BCUT2D eigenvalue weighted by atomic mass is 10.1. The van der Waals surface area contributed by atoms with Crippen molar-refractivity contribution in [3.63, 3.8) is 0 Å². The third-order valence-corrected chi connectivity index (χ3v) is 6.45. The van der Waals surface area contributed by atoms with Crippen molar-refractivity contribution in [2.75, 3.05) is 18.9 Å². The minimum Gasteiger partial charge on any atom is -0.378 e. The monoisotopic (exact) mass is 408 g/mol. The van der Waals surface area contributed by atoms with Crippen LogP contribution in [0.4, 0.5) is 5.69 Å². The van der Waals surface area contributed by atoms with Crippen LogP contribution < -0.4 is 5.32 Å². The molecule has 0 aliphatic carbocycles. The molecule has 6 heteroatoms. The fraction of sp³-hybridized carbons (Fsp3) is 0.174. The normalized spacial score (nSPS) is 11.4. The average Bonchev–Trinajstić information content (AvgIpc) is 2.73. The maximum atomic E-state index is 12.8. The Kier molecular flexibility index (Phi) is 6.46. The standard InChI is InChI=1S/C23H24N2O3S/c1-18-8-10-20(11-9-18)23(26)16-24-21-12-14-22(15-13-21)29(27,28)25(2)17-19-6-4-3-5-7-19/h3-15,24H,16-17H2,1-2H3. The number of nitrogens with one attached hydrogen (secondary N) is 1. The van der Waals surface area contributed by atoms with Crippen LogP contribution in [-0.2, 0) is 16.6 Å². The van der Waals surface area contributed by atoms with E-state index in [1.165, 1.54) is 4.31 Å². The quantitative estimate of drug-likeness (QED) is 0.570. The summed E-state index contributed by atoms with van der Waals surface area (Å²) in [4.78, 5) is 12.5. The molecular weight excluding hydrogens is 384 g/mol. The van der Waals surface area contributed by atoms with E-state index < -0.39 is 10.0 Å². The van der Waals surface area contributed by atoms with Crippen LogP contribution in [0.3, 0.4) is 0 Å². The van der Waals surface area contributed by atoms with Gasteiger partial charge in [-0.3, -0.25) is 4.79 Å². The molecule has 0 spiro atoms. The molecule has 0 atom stereocenters. The molecule has 0 aliphatic heterocycles. The van der Waals surface area contributed by atoms with E-state index in [1.54, 1.807) is 43.4 Å². The summed E-state index contributed by atoms with van der Waals surface area (Å²) in [6.07, 6.45) is 0. The largest absolute Gasteiger partial charge is 0.378 e. The highest BCUT2D eigenvalue weighted by Crippen LogP contribution is 2.19. The summed E-state index contributed by atoms with van der Waals surface area (Å²) in [5, 5.41) is 3.05. The van der Waals surface area contributed by atoms with Crippen LogP contribution in [0.15, 0.2) is 83.8 Å². The minimum atomic E-state index is -3.59. The Morgan fingerprint density at radius 1 is 0.897 bits per heavy atom. The molecule has 0 fully saturated rings. The smallest absolute Gasteiger partial charge is 0.243 e. The summed E-state index contributed by atoms with van der Waals surface area (Å²) in [5.74, 6) is -0.0238. The van der Waals surface area contributed by atoms with Gasteiger partial charge in [-0.05, 0) is 36.8 Å². The van der Waals surface area contributed by atoms with E-state index in [2.05, 4.69) is 5.32 Å². The lowest BCUT2D eigenvalue weighted by molar-refractivity contribution is 0.101. The van der Waals surface area contributed by atoms with Crippen LogP contribution in [-0.4, -0.2) is 32.1 Å². The molecule has 150 valence electrons. The van der Waals surface area contributed by atoms with Gasteiger partial charge in [-0.15, -0.1) is 0 Å². The first-order valence-corrected chi connectivity index (χ1v) is 10.7. The predicted octanol–water partition coefficient (Wildman–Crippen LogP) is 4.11. The van der Waals surface area contributed by atoms with Gasteiger partial charge in [-0.1, -0.05) is 60.2 Å². The topological polar surface area (TPSA) is 66.5 Å². The SMILES string of the molecule is Cc1ccc(C(=O)CNc2ccc(S(=O)(=O)N(C)Cc3ccccc3)cc2)cc1. The Bertz CT molecular complexity index is 1060. The summed E-state index contributed by atoms with van der Waals surface area (Å²) < 4.78 is 26.9. The second-order valence-electron chi connectivity index (χ2n) is 6.91. The molecule has 0 aliphatic rings. The number of ketones is 1. The number of sulfonamides is 1. The van der Waals surface area contributed by atoms with Crippen molar-refractivity contribution in [3.05, 3.63) is 95.6 Å². The maximum Gasteiger partial charge on any atom is 0.243 e. The zero-order chi connectivity index (χ0) is 20.9. The summed E-state index contributed by atoms with van der Waals surface area (Å²) in [6, 6.07) is 23.3. The van der Waals surface area contributed by atoms with E-state index in [0.29, 0.717) is 17.8 Å². The van der Waals surface area contributed by atoms with Crippen molar-refractivity contribution in [1.29, 1.82) is 0 Å². The lowest BCUT2D eigenvalue weighted by Crippen LogP contribution is -2.26. The van der Waals surface area contributed by atoms with E-state index in [9.17, 15) is 13.2 Å². The number of nitrogens with zero attached hydrogens (tertiary/aromatic N) is 1. The first-order valence-electron chi connectivity index (χ1n) is 9.30. The van der Waals surface area contributed by atoms with Crippen molar-refractivity contribution in [3.8, 4) is 0 Å². The zero-order valence-corrected chi connectivity index (χ0v) is 17.3. The molecule has 0 radical (unpaired) electrons. The van der Waals surface area contributed by atoms with E-state index in [4.69, 9.17) is 0 Å². The maximum absolute atomic E-state index is 12.8. The van der Waals surface area contributed by atoms with Crippen LogP contribution >= 0.6 is 0 Å². The Labute approximate surface area is 172 Å². The first kappa shape index (κ1) is 20.8. The van der Waals surface area contributed by atoms with Crippen LogP contribution in [0.25, 0.3) is 0 Å². The van der Waals surface area contributed by atoms with Crippen molar-refractivity contribution < 1.29 is 13.2 Å². The van der Waals surface area contributed by atoms with Gasteiger partial charge in [-0.25, -0.2) is 8.42 Å². The van der Waals surface area contributed by atoms with Crippen LogP contribution in [0.1, 0.15) is 21.5 Å². The average molecular weight is 409 g/mol. The van der Waals surface area contributed by atoms with Gasteiger partial charge in [-0.2, -0.15) is 4.31 Å². The first-order chi connectivity index (χ1) is 13.9. The second-order valence-corrected chi connectivity index (χ2v) is 8.96. The van der Waals surface area contributed by atoms with Crippen molar-refractivity contribution in [2.24, 2.45) is 0 Å². The number of benzene rings is 3. The number of carbonyl (C=O) groups excluding carboxylic acids is 1. The molecule has 3 aromatic carbocycles. The highest BCUT2D eigenvalue weighted by molar-refractivity contribution is 7.89. The molecule has 0 saturated heterocycles. The van der Waals surface area contributed by atoms with Gasteiger partial charge in [0.15, 0.2) is 5.78 Å². The van der Waals surface area contributed by atoms with E-state index >= 15 is 0 Å².